The van der Waals surface area contributed by atoms with Gasteiger partial charge in [0.1, 0.15) is 0 Å². The van der Waals surface area contributed by atoms with Crippen LogP contribution in [0.3, 0.4) is 0 Å². The monoisotopic (exact) mass is 232 g/mol. The van der Waals surface area contributed by atoms with Gasteiger partial charge in [-0.15, -0.1) is 11.8 Å². The number of rotatable bonds is 7. The maximum absolute atomic E-state index is 11.6. The predicted octanol–water partition coefficient (Wildman–Crippen LogP) is 1.62. The molecule has 0 bridgehead atoms. The summed E-state index contributed by atoms with van der Waals surface area (Å²) in [7, 11) is 0. The van der Waals surface area contributed by atoms with Crippen molar-refractivity contribution in [3.8, 4) is 0 Å². The number of nitrogens with two attached hydrogens (primary N) is 1. The summed E-state index contributed by atoms with van der Waals surface area (Å²) in [5.41, 5.74) is 5.47. The molecule has 0 aliphatic rings. The van der Waals surface area contributed by atoms with Gasteiger partial charge in [0.25, 0.3) is 0 Å². The lowest BCUT2D eigenvalue weighted by molar-refractivity contribution is -0.120. The van der Waals surface area contributed by atoms with Crippen molar-refractivity contribution in [3.05, 3.63) is 0 Å². The van der Waals surface area contributed by atoms with E-state index in [0.29, 0.717) is 17.7 Å². The quantitative estimate of drug-likeness (QED) is 0.701. The summed E-state index contributed by atoms with van der Waals surface area (Å²) in [6.07, 6.45) is 0.965. The van der Waals surface area contributed by atoms with Gasteiger partial charge >= 0.3 is 0 Å². The van der Waals surface area contributed by atoms with Crippen molar-refractivity contribution in [1.82, 2.24) is 5.32 Å². The molecule has 3 nitrogen and oxygen atoms in total. The van der Waals surface area contributed by atoms with Crippen LogP contribution in [0.15, 0.2) is 0 Å². The molecule has 0 aromatic rings. The van der Waals surface area contributed by atoms with Gasteiger partial charge in [-0.3, -0.25) is 4.79 Å². The highest BCUT2D eigenvalue weighted by Gasteiger charge is 2.16. The maximum atomic E-state index is 11.6. The third-order valence-electron chi connectivity index (χ3n) is 2.06. The van der Waals surface area contributed by atoms with E-state index in [9.17, 15) is 4.79 Å². The molecule has 0 heterocycles. The number of amides is 1. The molecule has 0 aromatic heterocycles. The van der Waals surface area contributed by atoms with E-state index in [4.69, 9.17) is 5.73 Å². The SMILES string of the molecule is CC(C)CNC(=O)C(C)SC(C)CCN. The third-order valence-corrected chi connectivity index (χ3v) is 3.39. The summed E-state index contributed by atoms with van der Waals surface area (Å²) in [6.45, 7) is 9.70. The van der Waals surface area contributed by atoms with E-state index < -0.39 is 0 Å². The summed E-state index contributed by atoms with van der Waals surface area (Å²) >= 11 is 1.69. The smallest absolute Gasteiger partial charge is 0.232 e. The Bertz CT molecular complexity index is 185. The second-order valence-corrected chi connectivity index (χ2v) is 6.09. The molecule has 0 radical (unpaired) electrons. The molecule has 0 saturated heterocycles. The molecule has 0 aliphatic heterocycles. The minimum absolute atomic E-state index is 0.0188. The highest BCUT2D eigenvalue weighted by Crippen LogP contribution is 2.19. The van der Waals surface area contributed by atoms with Crippen LogP contribution in [-0.4, -0.2) is 29.5 Å². The average molecular weight is 232 g/mol. The van der Waals surface area contributed by atoms with Crippen LogP contribution in [-0.2, 0) is 4.79 Å². The average Bonchev–Trinajstić information content (AvgIpc) is 2.14. The zero-order valence-corrected chi connectivity index (χ0v) is 11.1. The third kappa shape index (κ3) is 7.68. The largest absolute Gasteiger partial charge is 0.355 e. The van der Waals surface area contributed by atoms with E-state index in [1.165, 1.54) is 0 Å². The van der Waals surface area contributed by atoms with E-state index in [1.54, 1.807) is 11.8 Å². The molecule has 1 amide bonds. The highest BCUT2D eigenvalue weighted by atomic mass is 32.2. The fourth-order valence-corrected chi connectivity index (χ4v) is 2.34. The van der Waals surface area contributed by atoms with Gasteiger partial charge in [0.05, 0.1) is 5.25 Å². The molecule has 0 rings (SSSR count). The van der Waals surface area contributed by atoms with Crippen molar-refractivity contribution in [2.24, 2.45) is 11.7 Å². The summed E-state index contributed by atoms with van der Waals surface area (Å²) in [5.74, 6) is 0.644. The maximum Gasteiger partial charge on any atom is 0.232 e. The number of nitrogens with one attached hydrogen (secondary N) is 1. The fourth-order valence-electron chi connectivity index (χ4n) is 1.16. The van der Waals surface area contributed by atoms with Gasteiger partial charge in [-0.2, -0.15) is 0 Å². The predicted molar refractivity (Wildman–Crippen MR) is 68.0 cm³/mol. The van der Waals surface area contributed by atoms with E-state index in [1.807, 2.05) is 6.92 Å². The molecule has 90 valence electrons. The molecule has 0 fully saturated rings. The Morgan fingerprint density at radius 3 is 2.40 bits per heavy atom. The second kappa shape index (κ2) is 7.99. The summed E-state index contributed by atoms with van der Waals surface area (Å²) < 4.78 is 0. The molecule has 2 atom stereocenters. The number of carbonyl (C=O) groups is 1. The van der Waals surface area contributed by atoms with Gasteiger partial charge < -0.3 is 11.1 Å². The Morgan fingerprint density at radius 2 is 1.93 bits per heavy atom. The molecule has 0 aliphatic carbocycles. The van der Waals surface area contributed by atoms with Crippen molar-refractivity contribution in [3.63, 3.8) is 0 Å². The lowest BCUT2D eigenvalue weighted by Crippen LogP contribution is -2.34. The molecule has 2 unspecified atom stereocenters. The lowest BCUT2D eigenvalue weighted by atomic mass is 10.2. The lowest BCUT2D eigenvalue weighted by Gasteiger charge is -2.17. The Labute approximate surface area is 97.6 Å². The molecule has 0 spiro atoms. The molecule has 4 heteroatoms. The molecular formula is C11H24N2OS. The molecular weight excluding hydrogens is 208 g/mol. The van der Waals surface area contributed by atoms with Crippen molar-refractivity contribution in [2.75, 3.05) is 13.1 Å². The normalized spacial score (nSPS) is 15.1. The molecule has 3 N–H and O–H groups in total. The molecule has 0 aromatic carbocycles. The number of carbonyl (C=O) groups excluding carboxylic acids is 1. The van der Waals surface area contributed by atoms with Crippen LogP contribution in [0.2, 0.25) is 0 Å². The van der Waals surface area contributed by atoms with Gasteiger partial charge in [0, 0.05) is 11.8 Å². The van der Waals surface area contributed by atoms with Crippen molar-refractivity contribution < 1.29 is 4.79 Å². The molecule has 0 saturated carbocycles. The first kappa shape index (κ1) is 14.8. The van der Waals surface area contributed by atoms with Crippen molar-refractivity contribution >= 4 is 17.7 Å². The molecule has 15 heavy (non-hydrogen) atoms. The van der Waals surface area contributed by atoms with E-state index in [2.05, 4.69) is 26.1 Å². The van der Waals surface area contributed by atoms with Crippen molar-refractivity contribution in [1.29, 1.82) is 0 Å². The summed E-state index contributed by atoms with van der Waals surface area (Å²) in [4.78, 5) is 11.6. The van der Waals surface area contributed by atoms with Gasteiger partial charge in [-0.1, -0.05) is 20.8 Å². The Morgan fingerprint density at radius 1 is 1.33 bits per heavy atom. The number of hydrogen-bond donors (Lipinski definition) is 2. The van der Waals surface area contributed by atoms with Crippen LogP contribution < -0.4 is 11.1 Å². The number of hydrogen-bond acceptors (Lipinski definition) is 3. The topological polar surface area (TPSA) is 55.1 Å². The van der Waals surface area contributed by atoms with Crippen LogP contribution in [0.25, 0.3) is 0 Å². The van der Waals surface area contributed by atoms with Crippen molar-refractivity contribution in [2.45, 2.75) is 44.6 Å². The van der Waals surface area contributed by atoms with Crippen LogP contribution >= 0.6 is 11.8 Å². The van der Waals surface area contributed by atoms with Gasteiger partial charge in [0.2, 0.25) is 5.91 Å². The van der Waals surface area contributed by atoms with Gasteiger partial charge in [0.15, 0.2) is 0 Å². The second-order valence-electron chi connectivity index (χ2n) is 4.31. The minimum Gasteiger partial charge on any atom is -0.355 e. The fraction of sp³-hybridized carbons (Fsp3) is 0.909. The standard InChI is InChI=1S/C11H24N2OS/c1-8(2)7-13-11(14)10(4)15-9(3)5-6-12/h8-10H,5-7,12H2,1-4H3,(H,13,14). The van der Waals surface area contributed by atoms with Crippen LogP contribution in [0.4, 0.5) is 0 Å². The minimum atomic E-state index is 0.0188. The van der Waals surface area contributed by atoms with E-state index in [-0.39, 0.29) is 11.2 Å². The van der Waals surface area contributed by atoms with Gasteiger partial charge in [-0.25, -0.2) is 0 Å². The van der Waals surface area contributed by atoms with Crippen LogP contribution in [0, 0.1) is 5.92 Å². The Balaban J connectivity index is 3.78. The van der Waals surface area contributed by atoms with Crippen LogP contribution in [0.5, 0.6) is 0 Å². The summed E-state index contributed by atoms with van der Waals surface area (Å²) in [6, 6.07) is 0. The first-order chi connectivity index (χ1) is 6.97. The van der Waals surface area contributed by atoms with Gasteiger partial charge in [-0.05, 0) is 25.8 Å². The first-order valence-corrected chi connectivity index (χ1v) is 6.54. The van der Waals surface area contributed by atoms with E-state index >= 15 is 0 Å². The van der Waals surface area contributed by atoms with Crippen LogP contribution in [0.1, 0.15) is 34.1 Å². The zero-order chi connectivity index (χ0) is 11.8. The van der Waals surface area contributed by atoms with E-state index in [0.717, 1.165) is 13.0 Å². The Hall–Kier alpha value is -0.220. The Kier molecular flexibility index (Phi) is 7.88. The summed E-state index contributed by atoms with van der Waals surface area (Å²) in [5, 5.41) is 3.41. The number of thioether (sulfide) groups is 1. The first-order valence-electron chi connectivity index (χ1n) is 5.60. The highest BCUT2D eigenvalue weighted by molar-refractivity contribution is 8.01. The zero-order valence-electron chi connectivity index (χ0n) is 10.2.